The van der Waals surface area contributed by atoms with Gasteiger partial charge in [0, 0.05) is 44.0 Å². The zero-order valence-corrected chi connectivity index (χ0v) is 16.3. The Balaban J connectivity index is 1.53. The van der Waals surface area contributed by atoms with Gasteiger partial charge in [-0.05, 0) is 31.6 Å². The number of nitrogens with one attached hydrogen (secondary N) is 2. The van der Waals surface area contributed by atoms with Crippen LogP contribution in [0, 0.1) is 5.92 Å². The van der Waals surface area contributed by atoms with E-state index in [4.69, 9.17) is 4.74 Å². The first-order chi connectivity index (χ1) is 12.5. The number of morpholine rings is 1. The third-order valence-electron chi connectivity index (χ3n) is 5.48. The molecule has 7 heteroatoms. The van der Waals surface area contributed by atoms with Crippen LogP contribution < -0.4 is 10.6 Å². The molecule has 1 aromatic rings. The highest BCUT2D eigenvalue weighted by atomic mass is 16.5. The summed E-state index contributed by atoms with van der Waals surface area (Å²) in [7, 11) is 1.97. The van der Waals surface area contributed by atoms with Crippen molar-refractivity contribution in [3.05, 3.63) is 17.5 Å². The summed E-state index contributed by atoms with van der Waals surface area (Å²) in [6.45, 7) is 8.61. The lowest BCUT2D eigenvalue weighted by molar-refractivity contribution is 0.0129. The summed E-state index contributed by atoms with van der Waals surface area (Å²) in [5.74, 6) is 0.601. The molecule has 26 heavy (non-hydrogen) atoms. The van der Waals surface area contributed by atoms with E-state index in [0.717, 1.165) is 52.0 Å². The van der Waals surface area contributed by atoms with Gasteiger partial charge in [-0.3, -0.25) is 9.58 Å². The van der Waals surface area contributed by atoms with Crippen molar-refractivity contribution >= 4 is 6.03 Å². The lowest BCUT2D eigenvalue weighted by Crippen LogP contribution is -2.51. The van der Waals surface area contributed by atoms with Crippen LogP contribution in [-0.2, 0) is 18.2 Å². The minimum Gasteiger partial charge on any atom is -0.379 e. The molecular weight excluding hydrogens is 330 g/mol. The van der Waals surface area contributed by atoms with Crippen molar-refractivity contribution in [2.45, 2.75) is 51.6 Å². The summed E-state index contributed by atoms with van der Waals surface area (Å²) in [6, 6.07) is 0.359. The monoisotopic (exact) mass is 363 g/mol. The van der Waals surface area contributed by atoms with E-state index >= 15 is 0 Å². The maximum Gasteiger partial charge on any atom is 0.315 e. The highest BCUT2D eigenvalue weighted by Crippen LogP contribution is 2.28. The number of urea groups is 1. The van der Waals surface area contributed by atoms with E-state index < -0.39 is 0 Å². The summed E-state index contributed by atoms with van der Waals surface area (Å²) < 4.78 is 7.40. The quantitative estimate of drug-likeness (QED) is 0.809. The second-order valence-electron chi connectivity index (χ2n) is 7.90. The molecule has 1 aromatic heterocycles. The van der Waals surface area contributed by atoms with Crippen LogP contribution in [-0.4, -0.2) is 59.6 Å². The molecular formula is C19H33N5O2. The highest BCUT2D eigenvalue weighted by molar-refractivity contribution is 5.74. The minimum absolute atomic E-state index is 0.0689. The van der Waals surface area contributed by atoms with Crippen molar-refractivity contribution in [3.8, 4) is 0 Å². The molecule has 1 aliphatic carbocycles. The Morgan fingerprint density at radius 3 is 2.88 bits per heavy atom. The Bertz CT molecular complexity index is 595. The summed E-state index contributed by atoms with van der Waals surface area (Å²) in [5, 5.41) is 10.6. The van der Waals surface area contributed by atoms with E-state index in [1.807, 2.05) is 17.9 Å². The van der Waals surface area contributed by atoms with E-state index in [9.17, 15) is 4.79 Å². The fourth-order valence-electron chi connectivity index (χ4n) is 4.12. The van der Waals surface area contributed by atoms with Crippen LogP contribution in [0.4, 0.5) is 4.79 Å². The van der Waals surface area contributed by atoms with Crippen LogP contribution in [0.25, 0.3) is 0 Å². The van der Waals surface area contributed by atoms with Crippen molar-refractivity contribution in [3.63, 3.8) is 0 Å². The molecule has 2 unspecified atom stereocenters. The second kappa shape index (κ2) is 8.86. The molecule has 2 aliphatic rings. The molecule has 2 atom stereocenters. The van der Waals surface area contributed by atoms with E-state index in [1.54, 1.807) is 0 Å². The first kappa shape index (κ1) is 19.2. The van der Waals surface area contributed by atoms with Crippen LogP contribution >= 0.6 is 0 Å². The molecule has 2 heterocycles. The van der Waals surface area contributed by atoms with Crippen molar-refractivity contribution in [1.29, 1.82) is 0 Å². The first-order valence-corrected chi connectivity index (χ1v) is 9.91. The number of ether oxygens (including phenoxy) is 1. The summed E-state index contributed by atoms with van der Waals surface area (Å²) in [6.07, 6.45) is 6.08. The molecule has 3 rings (SSSR count). The molecule has 0 saturated carbocycles. The molecule has 2 N–H and O–H groups in total. The number of hydrogen-bond acceptors (Lipinski definition) is 4. The van der Waals surface area contributed by atoms with Gasteiger partial charge < -0.3 is 15.4 Å². The van der Waals surface area contributed by atoms with Crippen LogP contribution in [0.3, 0.4) is 0 Å². The molecule has 0 radical (unpaired) electrons. The Morgan fingerprint density at radius 2 is 2.15 bits per heavy atom. The normalized spacial score (nSPS) is 22.1. The molecule has 2 amide bonds. The maximum absolute atomic E-state index is 12.5. The number of nitrogens with zero attached hydrogens (tertiary/aromatic N) is 3. The Morgan fingerprint density at radius 1 is 1.38 bits per heavy atom. The standard InChI is InChI=1S/C19H33N5O2/c1-14(2)11-15(24-7-9-26-10-8-24)12-20-19(25)22-17-5-4-6-18-16(17)13-21-23(18)3/h13-15,17H,4-12H2,1-3H3,(H2,20,22,25). The Kier molecular flexibility index (Phi) is 6.53. The van der Waals surface area contributed by atoms with Gasteiger partial charge in [-0.25, -0.2) is 4.79 Å². The number of hydrogen-bond donors (Lipinski definition) is 2. The molecule has 1 fully saturated rings. The largest absolute Gasteiger partial charge is 0.379 e. The number of fused-ring (bicyclic) bond motifs is 1. The molecule has 146 valence electrons. The number of aromatic nitrogens is 2. The van der Waals surface area contributed by atoms with Crippen molar-refractivity contribution in [1.82, 2.24) is 25.3 Å². The van der Waals surface area contributed by atoms with Gasteiger partial charge in [-0.15, -0.1) is 0 Å². The predicted molar refractivity (Wildman–Crippen MR) is 101 cm³/mol. The summed E-state index contributed by atoms with van der Waals surface area (Å²) >= 11 is 0. The molecule has 7 nitrogen and oxygen atoms in total. The van der Waals surface area contributed by atoms with Crippen LogP contribution in [0.15, 0.2) is 6.20 Å². The average molecular weight is 364 g/mol. The number of rotatable bonds is 6. The number of amides is 2. The third-order valence-corrected chi connectivity index (χ3v) is 5.48. The fraction of sp³-hybridized carbons (Fsp3) is 0.789. The van der Waals surface area contributed by atoms with Gasteiger partial charge >= 0.3 is 6.03 Å². The van der Waals surface area contributed by atoms with Gasteiger partial charge in [0.1, 0.15) is 0 Å². The van der Waals surface area contributed by atoms with Crippen LogP contribution in [0.2, 0.25) is 0 Å². The number of carbonyl (C=O) groups excluding carboxylic acids is 1. The van der Waals surface area contributed by atoms with Crippen molar-refractivity contribution in [2.75, 3.05) is 32.8 Å². The lowest BCUT2D eigenvalue weighted by Gasteiger charge is -2.35. The van der Waals surface area contributed by atoms with Crippen LogP contribution in [0.1, 0.15) is 50.4 Å². The Hall–Kier alpha value is -1.60. The summed E-state index contributed by atoms with van der Waals surface area (Å²) in [4.78, 5) is 15.0. The number of carbonyl (C=O) groups is 1. The van der Waals surface area contributed by atoms with Gasteiger partial charge in [-0.2, -0.15) is 5.10 Å². The SMILES string of the molecule is CC(C)CC(CNC(=O)NC1CCCc2c1cnn2C)N1CCOCC1. The zero-order valence-electron chi connectivity index (χ0n) is 16.3. The first-order valence-electron chi connectivity index (χ1n) is 9.91. The maximum atomic E-state index is 12.5. The van der Waals surface area contributed by atoms with Crippen molar-refractivity contribution in [2.24, 2.45) is 13.0 Å². The zero-order chi connectivity index (χ0) is 18.5. The second-order valence-corrected chi connectivity index (χ2v) is 7.90. The average Bonchev–Trinajstić information content (AvgIpc) is 3.01. The van der Waals surface area contributed by atoms with E-state index in [-0.39, 0.29) is 12.1 Å². The number of aryl methyl sites for hydroxylation is 1. The van der Waals surface area contributed by atoms with Crippen LogP contribution in [0.5, 0.6) is 0 Å². The highest BCUT2D eigenvalue weighted by Gasteiger charge is 2.26. The van der Waals surface area contributed by atoms with E-state index in [0.29, 0.717) is 18.5 Å². The molecule has 0 aromatic carbocycles. The lowest BCUT2D eigenvalue weighted by atomic mass is 9.93. The smallest absolute Gasteiger partial charge is 0.315 e. The predicted octanol–water partition coefficient (Wildman–Crippen LogP) is 1.84. The van der Waals surface area contributed by atoms with Gasteiger partial charge in [-0.1, -0.05) is 13.8 Å². The van der Waals surface area contributed by atoms with Crippen molar-refractivity contribution < 1.29 is 9.53 Å². The Labute approximate surface area is 156 Å². The third kappa shape index (κ3) is 4.76. The molecule has 0 spiro atoms. The topological polar surface area (TPSA) is 71.4 Å². The van der Waals surface area contributed by atoms with Gasteiger partial charge in [0.15, 0.2) is 0 Å². The molecule has 1 aliphatic heterocycles. The summed E-state index contributed by atoms with van der Waals surface area (Å²) in [5.41, 5.74) is 2.41. The van der Waals surface area contributed by atoms with Gasteiger partial charge in [0.05, 0.1) is 25.5 Å². The fourth-order valence-corrected chi connectivity index (χ4v) is 4.12. The van der Waals surface area contributed by atoms with Gasteiger partial charge in [0.2, 0.25) is 0 Å². The van der Waals surface area contributed by atoms with Gasteiger partial charge in [0.25, 0.3) is 0 Å². The van der Waals surface area contributed by atoms with E-state index in [2.05, 4.69) is 34.5 Å². The molecule has 1 saturated heterocycles. The minimum atomic E-state index is -0.0753. The molecule has 0 bridgehead atoms. The van der Waals surface area contributed by atoms with E-state index in [1.165, 1.54) is 11.3 Å².